The van der Waals surface area contributed by atoms with Crippen molar-refractivity contribution >= 4 is 38.2 Å². The van der Waals surface area contributed by atoms with Crippen LogP contribution in [-0.4, -0.2) is 54.2 Å². The van der Waals surface area contributed by atoms with Gasteiger partial charge in [-0.25, -0.2) is 8.42 Å². The van der Waals surface area contributed by atoms with Gasteiger partial charge in [0.15, 0.2) is 6.79 Å². The lowest BCUT2D eigenvalue weighted by atomic mass is 10.1. The van der Waals surface area contributed by atoms with Crippen molar-refractivity contribution in [1.29, 1.82) is 0 Å². The molecule has 0 aliphatic rings. The maximum Gasteiger partial charge on any atom is 0.326 e. The molecule has 0 unspecified atom stereocenters. The molecule has 2 aromatic carbocycles. The molecule has 0 heterocycles. The predicted octanol–water partition coefficient (Wildman–Crippen LogP) is 1.68. The van der Waals surface area contributed by atoms with E-state index in [0.717, 1.165) is 11.1 Å². The van der Waals surface area contributed by atoms with E-state index in [2.05, 4.69) is 9.46 Å². The summed E-state index contributed by atoms with van der Waals surface area (Å²) in [6.45, 7) is 0.932. The number of esters is 1. The highest BCUT2D eigenvalue weighted by atomic mass is 32.2. The standard InChI is InChI=1S/C19H24N2O6S/c1-13(22)11-16(19(23)27-12-26-4)20-28(24,25)18-10-6-7-14-15(18)8-5-9-17(14)21(2)3/h5-10,16,20H,11-12H2,1-4H3/t16-/m0/s1. The van der Waals surface area contributed by atoms with E-state index in [-0.39, 0.29) is 23.9 Å². The smallest absolute Gasteiger partial charge is 0.326 e. The Morgan fingerprint density at radius 2 is 1.75 bits per heavy atom. The fraction of sp³-hybridized carbons (Fsp3) is 0.368. The second-order valence-electron chi connectivity index (χ2n) is 6.47. The highest BCUT2D eigenvalue weighted by molar-refractivity contribution is 7.89. The summed E-state index contributed by atoms with van der Waals surface area (Å²) in [5.41, 5.74) is 0.856. The third-order valence-electron chi connectivity index (χ3n) is 4.02. The molecule has 1 N–H and O–H groups in total. The topological polar surface area (TPSA) is 102 Å². The van der Waals surface area contributed by atoms with E-state index in [1.54, 1.807) is 18.2 Å². The number of ether oxygens (including phenoxy) is 2. The number of sulfonamides is 1. The monoisotopic (exact) mass is 408 g/mol. The van der Waals surface area contributed by atoms with E-state index in [9.17, 15) is 18.0 Å². The van der Waals surface area contributed by atoms with Crippen LogP contribution < -0.4 is 9.62 Å². The van der Waals surface area contributed by atoms with Crippen LogP contribution in [0.15, 0.2) is 41.3 Å². The number of hydrogen-bond acceptors (Lipinski definition) is 7. The number of nitrogens with zero attached hydrogens (tertiary/aromatic N) is 1. The molecule has 0 aromatic heterocycles. The number of ketones is 1. The quantitative estimate of drug-likeness (QED) is 0.497. The number of anilines is 1. The molecule has 0 saturated carbocycles. The summed E-state index contributed by atoms with van der Waals surface area (Å²) in [4.78, 5) is 25.6. The molecule has 2 aromatic rings. The Balaban J connectivity index is 2.46. The van der Waals surface area contributed by atoms with Crippen molar-refractivity contribution in [3.8, 4) is 0 Å². The van der Waals surface area contributed by atoms with Crippen molar-refractivity contribution in [1.82, 2.24) is 4.72 Å². The third-order valence-corrected chi connectivity index (χ3v) is 5.55. The SMILES string of the molecule is COCOC(=O)[C@H](CC(C)=O)NS(=O)(=O)c1cccc2c(N(C)C)cccc12. The number of benzene rings is 2. The number of nitrogens with one attached hydrogen (secondary N) is 1. The molecular weight excluding hydrogens is 384 g/mol. The van der Waals surface area contributed by atoms with Gasteiger partial charge < -0.3 is 14.4 Å². The number of fused-ring (bicyclic) bond motifs is 1. The number of Topliss-reactive ketones (excluding diaryl/α,β-unsaturated/α-hetero) is 1. The van der Waals surface area contributed by atoms with Gasteiger partial charge in [-0.2, -0.15) is 4.72 Å². The van der Waals surface area contributed by atoms with Crippen molar-refractivity contribution in [2.75, 3.05) is 32.9 Å². The maximum absolute atomic E-state index is 13.0. The van der Waals surface area contributed by atoms with Crippen LogP contribution in [0.4, 0.5) is 5.69 Å². The van der Waals surface area contributed by atoms with Crippen LogP contribution in [0.3, 0.4) is 0 Å². The first-order valence-electron chi connectivity index (χ1n) is 8.53. The van der Waals surface area contributed by atoms with Gasteiger partial charge in [0.05, 0.1) is 4.90 Å². The second kappa shape index (κ2) is 9.13. The lowest BCUT2D eigenvalue weighted by molar-refractivity contribution is -0.157. The number of methoxy groups -OCH3 is 1. The lowest BCUT2D eigenvalue weighted by Gasteiger charge is -2.19. The minimum Gasteiger partial charge on any atom is -0.437 e. The molecule has 0 fully saturated rings. The Labute approximate surface area is 164 Å². The summed E-state index contributed by atoms with van der Waals surface area (Å²) in [5.74, 6) is -1.23. The Kier molecular flexibility index (Phi) is 7.11. The van der Waals surface area contributed by atoms with E-state index in [1.165, 1.54) is 20.1 Å². The normalized spacial score (nSPS) is 12.6. The molecule has 0 aliphatic carbocycles. The number of carbonyl (C=O) groups is 2. The molecule has 1 atom stereocenters. The van der Waals surface area contributed by atoms with E-state index in [4.69, 9.17) is 4.74 Å². The number of hydrogen-bond donors (Lipinski definition) is 1. The summed E-state index contributed by atoms with van der Waals surface area (Å²) in [6, 6.07) is 8.90. The zero-order valence-corrected chi connectivity index (χ0v) is 17.1. The average molecular weight is 408 g/mol. The Hall–Kier alpha value is -2.49. The first-order valence-corrected chi connectivity index (χ1v) is 10.0. The molecule has 28 heavy (non-hydrogen) atoms. The Morgan fingerprint density at radius 3 is 2.36 bits per heavy atom. The second-order valence-corrected chi connectivity index (χ2v) is 8.16. The molecule has 0 spiro atoms. The fourth-order valence-electron chi connectivity index (χ4n) is 2.82. The summed E-state index contributed by atoms with van der Waals surface area (Å²) in [5, 5.41) is 1.26. The van der Waals surface area contributed by atoms with Crippen LogP contribution in [-0.2, 0) is 29.1 Å². The summed E-state index contributed by atoms with van der Waals surface area (Å²) in [7, 11) is 0.951. The molecule has 152 valence electrons. The Morgan fingerprint density at radius 1 is 1.11 bits per heavy atom. The first kappa shape index (κ1) is 21.8. The van der Waals surface area contributed by atoms with Gasteiger partial charge in [-0.15, -0.1) is 0 Å². The van der Waals surface area contributed by atoms with Crippen LogP contribution in [0.2, 0.25) is 0 Å². The van der Waals surface area contributed by atoms with Gasteiger partial charge in [0.2, 0.25) is 10.0 Å². The number of rotatable bonds is 9. The lowest BCUT2D eigenvalue weighted by Crippen LogP contribution is -2.43. The molecule has 0 saturated heterocycles. The minimum absolute atomic E-state index is 0.0155. The van der Waals surface area contributed by atoms with E-state index < -0.39 is 22.0 Å². The zero-order valence-electron chi connectivity index (χ0n) is 16.3. The molecule has 0 bridgehead atoms. The largest absolute Gasteiger partial charge is 0.437 e. The molecule has 0 amide bonds. The van der Waals surface area contributed by atoms with Crippen molar-refractivity contribution in [3.05, 3.63) is 36.4 Å². The van der Waals surface area contributed by atoms with Crippen molar-refractivity contribution in [2.24, 2.45) is 0 Å². The predicted molar refractivity (Wildman–Crippen MR) is 106 cm³/mol. The minimum atomic E-state index is -4.11. The van der Waals surface area contributed by atoms with Gasteiger partial charge in [0.25, 0.3) is 0 Å². The molecule has 0 radical (unpaired) electrons. The van der Waals surface area contributed by atoms with Gasteiger partial charge in [-0.3, -0.25) is 9.59 Å². The van der Waals surface area contributed by atoms with Crippen LogP contribution in [0.5, 0.6) is 0 Å². The van der Waals surface area contributed by atoms with Crippen molar-refractivity contribution < 1.29 is 27.5 Å². The van der Waals surface area contributed by atoms with Crippen LogP contribution in [0, 0.1) is 0 Å². The van der Waals surface area contributed by atoms with E-state index in [0.29, 0.717) is 5.39 Å². The fourth-order valence-corrected chi connectivity index (χ4v) is 4.22. The van der Waals surface area contributed by atoms with Gasteiger partial charge in [0, 0.05) is 44.1 Å². The summed E-state index contributed by atoms with van der Waals surface area (Å²) < 4.78 is 37.8. The summed E-state index contributed by atoms with van der Waals surface area (Å²) >= 11 is 0. The first-order chi connectivity index (χ1) is 13.2. The van der Waals surface area contributed by atoms with Gasteiger partial charge in [0.1, 0.15) is 11.8 Å². The molecular formula is C19H24N2O6S. The Bertz CT molecular complexity index is 972. The highest BCUT2D eigenvalue weighted by Gasteiger charge is 2.29. The van der Waals surface area contributed by atoms with Gasteiger partial charge >= 0.3 is 5.97 Å². The molecule has 9 heteroatoms. The zero-order chi connectivity index (χ0) is 20.9. The highest BCUT2D eigenvalue weighted by Crippen LogP contribution is 2.30. The third kappa shape index (κ3) is 5.06. The van der Waals surface area contributed by atoms with Gasteiger partial charge in [-0.05, 0) is 19.1 Å². The van der Waals surface area contributed by atoms with Crippen molar-refractivity contribution in [3.63, 3.8) is 0 Å². The van der Waals surface area contributed by atoms with Crippen LogP contribution >= 0.6 is 0 Å². The average Bonchev–Trinajstić information content (AvgIpc) is 2.63. The van der Waals surface area contributed by atoms with E-state index in [1.807, 2.05) is 31.1 Å². The van der Waals surface area contributed by atoms with Crippen LogP contribution in [0.25, 0.3) is 10.8 Å². The molecule has 8 nitrogen and oxygen atoms in total. The van der Waals surface area contributed by atoms with Gasteiger partial charge in [-0.1, -0.05) is 24.3 Å². The molecule has 0 aliphatic heterocycles. The molecule has 2 rings (SSSR count). The van der Waals surface area contributed by atoms with Crippen LogP contribution in [0.1, 0.15) is 13.3 Å². The van der Waals surface area contributed by atoms with E-state index >= 15 is 0 Å². The van der Waals surface area contributed by atoms with Crippen molar-refractivity contribution in [2.45, 2.75) is 24.3 Å². The summed E-state index contributed by atoms with van der Waals surface area (Å²) in [6.07, 6.45) is -0.324. The maximum atomic E-state index is 13.0. The number of carbonyl (C=O) groups excluding carboxylic acids is 2.